The van der Waals surface area contributed by atoms with Gasteiger partial charge in [-0.05, 0) is 22.3 Å². The van der Waals surface area contributed by atoms with Gasteiger partial charge in [0.15, 0.2) is 24.8 Å². The summed E-state index contributed by atoms with van der Waals surface area (Å²) in [5, 5.41) is 11.3. The van der Waals surface area contributed by atoms with E-state index in [2.05, 4.69) is 12.1 Å². The first-order chi connectivity index (χ1) is 28.4. The van der Waals surface area contributed by atoms with Gasteiger partial charge >= 0.3 is 11.9 Å². The fraction of sp³-hybridized carbons (Fsp3) is 0.422. The van der Waals surface area contributed by atoms with Gasteiger partial charge in [-0.1, -0.05) is 128 Å². The smallest absolute Gasteiger partial charge is 0.337 e. The molecule has 0 aliphatic carbocycles. The summed E-state index contributed by atoms with van der Waals surface area (Å²) < 4.78 is 56.1. The predicted molar refractivity (Wildman–Crippen MR) is 215 cm³/mol. The van der Waals surface area contributed by atoms with Crippen molar-refractivity contribution in [1.82, 2.24) is 0 Å². The van der Waals surface area contributed by atoms with E-state index in [0.29, 0.717) is 5.75 Å². The van der Waals surface area contributed by atoms with Gasteiger partial charge in [0.1, 0.15) is 24.4 Å². The summed E-state index contributed by atoms with van der Waals surface area (Å²) in [4.78, 5) is 26.7. The molecule has 310 valence electrons. The Bertz CT molecular complexity index is 1800. The lowest BCUT2D eigenvalue weighted by molar-refractivity contribution is -0.362. The molecule has 0 radical (unpaired) electrons. The number of ether oxygens (including phenoxy) is 9. The van der Waals surface area contributed by atoms with Crippen molar-refractivity contribution in [1.29, 1.82) is 0 Å². The molecule has 4 aromatic carbocycles. The van der Waals surface area contributed by atoms with Crippen molar-refractivity contribution in [3.8, 4) is 0 Å². The SMILES string of the molecule is COC(=O)C1O[C@H](O[C@@H]2C(OCc3ccccc3)[C@@H](OCCSCc3ccccc3)OC(C(=O)OC)[C@@H]2OCc2ccccc2)C(OCc2ccccc2)[C@@H](C)[C@H]1O. The maximum atomic E-state index is 13.7. The summed E-state index contributed by atoms with van der Waals surface area (Å²) in [6, 6.07) is 38.7. The van der Waals surface area contributed by atoms with E-state index in [1.54, 1.807) is 18.7 Å². The fourth-order valence-corrected chi connectivity index (χ4v) is 7.66. The lowest BCUT2D eigenvalue weighted by atomic mass is 9.90. The molecule has 2 aliphatic rings. The molecule has 0 amide bonds. The molecule has 0 aromatic heterocycles. The number of esters is 2. The van der Waals surface area contributed by atoms with E-state index < -0.39 is 73.2 Å². The normalized spacial score (nSPS) is 27.1. The first kappa shape index (κ1) is 43.4. The second kappa shape index (κ2) is 22.3. The lowest BCUT2D eigenvalue weighted by Crippen LogP contribution is -2.66. The molecule has 0 spiro atoms. The highest BCUT2D eigenvalue weighted by Crippen LogP contribution is 2.37. The van der Waals surface area contributed by atoms with Crippen LogP contribution in [0.4, 0.5) is 0 Å². The zero-order valence-electron chi connectivity index (χ0n) is 32.9. The van der Waals surface area contributed by atoms with E-state index in [4.69, 9.17) is 42.6 Å². The largest absolute Gasteiger partial charge is 0.467 e. The maximum absolute atomic E-state index is 13.7. The minimum atomic E-state index is -1.40. The highest BCUT2D eigenvalue weighted by molar-refractivity contribution is 7.98. The lowest BCUT2D eigenvalue weighted by Gasteiger charge is -2.48. The van der Waals surface area contributed by atoms with Crippen molar-refractivity contribution in [3.63, 3.8) is 0 Å². The number of hydrogen-bond acceptors (Lipinski definition) is 13. The highest BCUT2D eigenvalue weighted by Gasteiger charge is 2.56. The van der Waals surface area contributed by atoms with E-state index in [1.165, 1.54) is 19.8 Å². The van der Waals surface area contributed by atoms with Crippen LogP contribution in [0.3, 0.4) is 0 Å². The molecule has 2 heterocycles. The summed E-state index contributed by atoms with van der Waals surface area (Å²) in [6.45, 7) is 2.36. The zero-order chi connectivity index (χ0) is 40.7. The monoisotopic (exact) mass is 816 g/mol. The molecule has 2 saturated heterocycles. The minimum Gasteiger partial charge on any atom is -0.467 e. The summed E-state index contributed by atoms with van der Waals surface area (Å²) in [5.74, 6) is -0.775. The first-order valence-corrected chi connectivity index (χ1v) is 20.5. The van der Waals surface area contributed by atoms with Gasteiger partial charge < -0.3 is 47.7 Å². The molecule has 0 bridgehead atoms. The topological polar surface area (TPSA) is 137 Å². The van der Waals surface area contributed by atoms with E-state index in [0.717, 1.165) is 22.4 Å². The van der Waals surface area contributed by atoms with E-state index in [-0.39, 0.29) is 26.4 Å². The number of aliphatic hydroxyl groups excluding tert-OH is 1. The Hall–Kier alpha value is -4.15. The predicted octanol–water partition coefficient (Wildman–Crippen LogP) is 5.87. The second-order valence-electron chi connectivity index (χ2n) is 14.0. The van der Waals surface area contributed by atoms with Crippen LogP contribution in [0.25, 0.3) is 0 Å². The Labute approximate surface area is 344 Å². The van der Waals surface area contributed by atoms with E-state index in [9.17, 15) is 14.7 Å². The number of thioether (sulfide) groups is 1. The second-order valence-corrected chi connectivity index (χ2v) is 15.1. The number of rotatable bonds is 19. The van der Waals surface area contributed by atoms with Crippen molar-refractivity contribution in [2.45, 2.75) is 87.8 Å². The molecule has 0 saturated carbocycles. The summed E-state index contributed by atoms with van der Waals surface area (Å²) in [7, 11) is 2.49. The Balaban J connectivity index is 1.34. The number of benzene rings is 4. The van der Waals surface area contributed by atoms with Crippen LogP contribution < -0.4 is 0 Å². The van der Waals surface area contributed by atoms with Crippen molar-refractivity contribution in [2.24, 2.45) is 5.92 Å². The molecule has 12 nitrogen and oxygen atoms in total. The number of methoxy groups -OCH3 is 2. The Kier molecular flexibility index (Phi) is 16.7. The average molecular weight is 817 g/mol. The maximum Gasteiger partial charge on any atom is 0.337 e. The van der Waals surface area contributed by atoms with E-state index >= 15 is 0 Å². The quantitative estimate of drug-likeness (QED) is 0.0894. The Morgan fingerprint density at radius 1 is 0.569 bits per heavy atom. The molecule has 1 N–H and O–H groups in total. The molecule has 4 aromatic rings. The number of hydrogen-bond donors (Lipinski definition) is 1. The van der Waals surface area contributed by atoms with Gasteiger partial charge in [0.05, 0.1) is 46.8 Å². The summed E-state index contributed by atoms with van der Waals surface area (Å²) >= 11 is 1.69. The summed E-state index contributed by atoms with van der Waals surface area (Å²) in [6.07, 6.45) is -10.7. The van der Waals surface area contributed by atoms with Crippen LogP contribution in [-0.2, 0) is 77.8 Å². The molecule has 2 aliphatic heterocycles. The van der Waals surface area contributed by atoms with Crippen LogP contribution in [0.5, 0.6) is 0 Å². The number of carbonyl (C=O) groups excluding carboxylic acids is 2. The average Bonchev–Trinajstić information content (AvgIpc) is 3.27. The molecule has 58 heavy (non-hydrogen) atoms. The van der Waals surface area contributed by atoms with Crippen molar-refractivity contribution in [3.05, 3.63) is 144 Å². The number of aliphatic hydroxyl groups is 1. The van der Waals surface area contributed by atoms with Gasteiger partial charge in [-0.15, -0.1) is 0 Å². The molecule has 2 fully saturated rings. The highest BCUT2D eigenvalue weighted by atomic mass is 32.2. The first-order valence-electron chi connectivity index (χ1n) is 19.4. The van der Waals surface area contributed by atoms with Gasteiger partial charge in [-0.2, -0.15) is 11.8 Å². The molecular weight excluding hydrogens is 765 g/mol. The fourth-order valence-electron chi connectivity index (χ4n) is 6.88. The third-order valence-electron chi connectivity index (χ3n) is 10.0. The van der Waals surface area contributed by atoms with Crippen LogP contribution in [0, 0.1) is 5.92 Å². The van der Waals surface area contributed by atoms with E-state index in [1.807, 2.05) is 109 Å². The molecule has 6 rings (SSSR count). The van der Waals surface area contributed by atoms with Crippen LogP contribution in [0.15, 0.2) is 121 Å². The molecule has 13 heteroatoms. The van der Waals surface area contributed by atoms with Gasteiger partial charge in [0.2, 0.25) is 0 Å². The van der Waals surface area contributed by atoms with Crippen LogP contribution in [0.2, 0.25) is 0 Å². The van der Waals surface area contributed by atoms with Gasteiger partial charge in [0.25, 0.3) is 0 Å². The third-order valence-corrected chi connectivity index (χ3v) is 11.0. The number of carbonyl (C=O) groups is 2. The van der Waals surface area contributed by atoms with Crippen LogP contribution in [0.1, 0.15) is 29.2 Å². The van der Waals surface area contributed by atoms with Crippen molar-refractivity contribution >= 4 is 23.7 Å². The standard InChI is InChI=1S/C45H52O12S/c1-30-35(46)37(42(47)49-2)55-45(36(30)52-26-31-16-8-4-9-17-31)56-39-38(53-27-32-18-10-5-11-19-32)40(43(48)50-3)57-44(41(39)54-28-33-20-12-6-13-21-33)51-24-25-58-29-34-22-14-7-15-23-34/h4-23,30,35-41,44-46H,24-29H2,1-3H3/t30-,35+,36?,37?,38+,39-,40?,41?,44-,45+/m0/s1. The molecule has 4 unspecified atom stereocenters. The zero-order valence-corrected chi connectivity index (χ0v) is 33.7. The Morgan fingerprint density at radius 3 is 1.53 bits per heavy atom. The minimum absolute atomic E-state index is 0.0780. The van der Waals surface area contributed by atoms with Crippen molar-refractivity contribution in [2.75, 3.05) is 26.6 Å². The third kappa shape index (κ3) is 11.7. The molecule has 10 atom stereocenters. The van der Waals surface area contributed by atoms with Crippen molar-refractivity contribution < 1.29 is 57.3 Å². The van der Waals surface area contributed by atoms with Gasteiger partial charge in [0, 0.05) is 17.4 Å². The Morgan fingerprint density at radius 2 is 1.02 bits per heavy atom. The summed E-state index contributed by atoms with van der Waals surface area (Å²) in [5.41, 5.74) is 3.77. The van der Waals surface area contributed by atoms with Gasteiger partial charge in [-0.3, -0.25) is 0 Å². The van der Waals surface area contributed by atoms with Gasteiger partial charge in [-0.25, -0.2) is 9.59 Å². The molecular formula is C45H52O12S. The van der Waals surface area contributed by atoms with Crippen LogP contribution in [-0.4, -0.2) is 98.9 Å². The van der Waals surface area contributed by atoms with Crippen LogP contribution >= 0.6 is 11.8 Å².